The fraction of sp³-hybridized carbons (Fsp3) is 0.250. The van der Waals surface area contributed by atoms with E-state index in [9.17, 15) is 13.2 Å². The lowest BCUT2D eigenvalue weighted by atomic mass is 9.96. The molecule has 1 unspecified atom stereocenters. The van der Waals surface area contributed by atoms with Crippen molar-refractivity contribution < 1.29 is 17.9 Å². The van der Waals surface area contributed by atoms with Crippen molar-refractivity contribution in [3.8, 4) is 11.8 Å². The van der Waals surface area contributed by atoms with Crippen molar-refractivity contribution in [2.45, 2.75) is 24.7 Å². The largest absolute Gasteiger partial charge is 0.424 e. The fourth-order valence-electron chi connectivity index (χ4n) is 4.22. The molecule has 0 aliphatic carbocycles. The number of nitrogens with one attached hydrogen (secondary N) is 1. The van der Waals surface area contributed by atoms with Crippen LogP contribution in [0.2, 0.25) is 0 Å². The Bertz CT molecular complexity index is 1380. The molecule has 3 aromatic rings. The number of aryl methyl sites for hydroxylation is 1. The van der Waals surface area contributed by atoms with Crippen LogP contribution in [-0.2, 0) is 14.8 Å². The molecule has 174 valence electrons. The normalized spacial score (nSPS) is 18.7. The lowest BCUT2D eigenvalue weighted by Crippen LogP contribution is -2.43. The van der Waals surface area contributed by atoms with Gasteiger partial charge in [-0.05, 0) is 61.7 Å². The molecule has 1 saturated heterocycles. The number of nitrogens with zero attached hydrogens (tertiary/aromatic N) is 4. The number of anilines is 1. The third-order valence-electron chi connectivity index (χ3n) is 5.91. The van der Waals surface area contributed by atoms with Crippen molar-refractivity contribution in [1.29, 1.82) is 0 Å². The second-order valence-corrected chi connectivity index (χ2v) is 9.84. The average Bonchev–Trinajstić information content (AvgIpc) is 3.12. The maximum atomic E-state index is 13.1. The first-order valence-electron chi connectivity index (χ1n) is 11.0. The first-order chi connectivity index (χ1) is 16.4. The Morgan fingerprint density at radius 2 is 1.91 bits per heavy atom. The lowest BCUT2D eigenvalue weighted by molar-refractivity contribution is -0.121. The maximum absolute atomic E-state index is 13.1. The number of carbonyl (C=O) groups is 1. The van der Waals surface area contributed by atoms with Gasteiger partial charge in [0.25, 0.3) is 10.0 Å². The molecule has 2 aliphatic rings. The van der Waals surface area contributed by atoms with E-state index in [0.717, 1.165) is 18.4 Å². The van der Waals surface area contributed by atoms with E-state index in [-0.39, 0.29) is 22.7 Å². The van der Waals surface area contributed by atoms with Crippen molar-refractivity contribution in [1.82, 2.24) is 14.9 Å². The molecule has 1 N–H and O–H groups in total. The number of benzene rings is 2. The van der Waals surface area contributed by atoms with Gasteiger partial charge in [0, 0.05) is 36.7 Å². The van der Waals surface area contributed by atoms with Gasteiger partial charge in [0.05, 0.1) is 5.92 Å². The Morgan fingerprint density at radius 3 is 2.71 bits per heavy atom. The molecule has 3 heterocycles. The second-order valence-electron chi connectivity index (χ2n) is 8.27. The Kier molecular flexibility index (Phi) is 5.74. The van der Waals surface area contributed by atoms with Gasteiger partial charge in [-0.3, -0.25) is 4.79 Å². The Balaban J connectivity index is 1.28. The summed E-state index contributed by atoms with van der Waals surface area (Å²) in [5, 5.41) is 3.01. The van der Waals surface area contributed by atoms with Gasteiger partial charge in [-0.2, -0.15) is 8.42 Å². The van der Waals surface area contributed by atoms with Gasteiger partial charge in [0.1, 0.15) is 10.6 Å². The summed E-state index contributed by atoms with van der Waals surface area (Å²) in [5.41, 5.74) is 2.13. The molecule has 9 nitrogen and oxygen atoms in total. The minimum absolute atomic E-state index is 0.109. The number of amides is 1. The van der Waals surface area contributed by atoms with Crippen LogP contribution in [0.5, 0.6) is 11.8 Å². The fourth-order valence-corrected chi connectivity index (χ4v) is 5.45. The summed E-state index contributed by atoms with van der Waals surface area (Å²) in [7, 11) is -3.70. The zero-order valence-corrected chi connectivity index (χ0v) is 19.3. The third-order valence-corrected chi connectivity index (χ3v) is 7.24. The van der Waals surface area contributed by atoms with Crippen LogP contribution in [0, 0.1) is 12.8 Å². The molecule has 1 fully saturated rings. The number of hydrogen-bond acceptors (Lipinski definition) is 7. The Morgan fingerprint density at radius 1 is 1.12 bits per heavy atom. The highest BCUT2D eigenvalue weighted by Gasteiger charge is 2.35. The van der Waals surface area contributed by atoms with Crippen LogP contribution in [0.4, 0.5) is 5.69 Å². The molecule has 0 radical (unpaired) electrons. The van der Waals surface area contributed by atoms with Crippen molar-refractivity contribution >= 4 is 27.5 Å². The molecule has 1 atom stereocenters. The molecule has 0 bridgehead atoms. The third kappa shape index (κ3) is 4.36. The van der Waals surface area contributed by atoms with Gasteiger partial charge in [0.15, 0.2) is 5.84 Å². The number of ether oxygens (including phenoxy) is 1. The highest BCUT2D eigenvalue weighted by Crippen LogP contribution is 2.30. The molecule has 0 spiro atoms. The van der Waals surface area contributed by atoms with E-state index in [2.05, 4.69) is 19.7 Å². The van der Waals surface area contributed by atoms with Gasteiger partial charge >= 0.3 is 6.01 Å². The Hall–Kier alpha value is -3.79. The molecule has 5 rings (SSSR count). The number of carbonyl (C=O) groups excluding carboxylic acids is 1. The van der Waals surface area contributed by atoms with Crippen LogP contribution < -0.4 is 10.1 Å². The highest BCUT2D eigenvalue weighted by atomic mass is 32.2. The molecule has 34 heavy (non-hydrogen) atoms. The van der Waals surface area contributed by atoms with Crippen molar-refractivity contribution in [2.24, 2.45) is 10.3 Å². The molecule has 0 saturated carbocycles. The molecule has 1 aromatic heterocycles. The van der Waals surface area contributed by atoms with Crippen LogP contribution >= 0.6 is 0 Å². The zero-order valence-electron chi connectivity index (χ0n) is 18.5. The first kappa shape index (κ1) is 22.0. The predicted molar refractivity (Wildman–Crippen MR) is 126 cm³/mol. The number of sulfonamides is 1. The molecule has 1 amide bonds. The van der Waals surface area contributed by atoms with E-state index in [1.54, 1.807) is 54.9 Å². The smallest absolute Gasteiger partial charge is 0.321 e. The number of likely N-dealkylation sites (tertiary alicyclic amines) is 1. The molecule has 2 aromatic carbocycles. The van der Waals surface area contributed by atoms with Gasteiger partial charge in [-0.15, -0.1) is 4.40 Å². The van der Waals surface area contributed by atoms with E-state index in [1.807, 2.05) is 17.9 Å². The minimum atomic E-state index is -3.70. The van der Waals surface area contributed by atoms with Crippen molar-refractivity contribution in [3.05, 3.63) is 72.1 Å². The van der Waals surface area contributed by atoms with Gasteiger partial charge in [-0.25, -0.2) is 9.97 Å². The molecular formula is C24H23N5O4S. The van der Waals surface area contributed by atoms with Gasteiger partial charge in [-0.1, -0.05) is 12.1 Å². The lowest BCUT2D eigenvalue weighted by Gasteiger charge is -2.33. The summed E-state index contributed by atoms with van der Waals surface area (Å²) in [5.74, 6) is 0.598. The monoisotopic (exact) mass is 477 g/mol. The second kappa shape index (κ2) is 8.86. The van der Waals surface area contributed by atoms with E-state index in [0.29, 0.717) is 35.9 Å². The van der Waals surface area contributed by atoms with Crippen molar-refractivity contribution in [2.75, 3.05) is 18.4 Å². The highest BCUT2D eigenvalue weighted by molar-refractivity contribution is 7.90. The summed E-state index contributed by atoms with van der Waals surface area (Å²) in [6.07, 6.45) is 4.68. The van der Waals surface area contributed by atoms with Gasteiger partial charge in [0.2, 0.25) is 5.91 Å². The zero-order chi connectivity index (χ0) is 23.7. The number of aromatic nitrogens is 2. The van der Waals surface area contributed by atoms with E-state index < -0.39 is 10.0 Å². The van der Waals surface area contributed by atoms with Crippen LogP contribution in [0.15, 0.2) is 70.2 Å². The van der Waals surface area contributed by atoms with Crippen LogP contribution in [0.3, 0.4) is 0 Å². The molecule has 10 heteroatoms. The topological polar surface area (TPSA) is 114 Å². The number of amidine groups is 1. The summed E-state index contributed by atoms with van der Waals surface area (Å²) in [6, 6.07) is 14.1. The minimum Gasteiger partial charge on any atom is -0.424 e. The van der Waals surface area contributed by atoms with Crippen LogP contribution in [0.25, 0.3) is 0 Å². The summed E-state index contributed by atoms with van der Waals surface area (Å²) in [6.45, 7) is 2.94. The summed E-state index contributed by atoms with van der Waals surface area (Å²) >= 11 is 0. The summed E-state index contributed by atoms with van der Waals surface area (Å²) in [4.78, 5) is 23.3. The molecular weight excluding hydrogens is 454 g/mol. The van der Waals surface area contributed by atoms with E-state index in [1.165, 1.54) is 0 Å². The number of hydrogen-bond donors (Lipinski definition) is 1. The van der Waals surface area contributed by atoms with Crippen LogP contribution in [-0.4, -0.2) is 48.1 Å². The quantitative estimate of drug-likeness (QED) is 0.613. The maximum Gasteiger partial charge on any atom is 0.321 e. The standard InChI is InChI=1S/C24H23N5O4S/c1-16-14-18(33-24-25-11-5-12-26-24)9-10-20(16)27-23(30)17-6-4-13-29(15-17)22-19-7-2-3-8-21(19)34(31,32)28-22/h2-3,5,7-12,14,17H,4,6,13,15H2,1H3,(H,27,30). The first-order valence-corrected chi connectivity index (χ1v) is 12.4. The van der Waals surface area contributed by atoms with Gasteiger partial charge < -0.3 is 15.0 Å². The Labute approximate surface area is 197 Å². The van der Waals surface area contributed by atoms with Crippen LogP contribution in [0.1, 0.15) is 24.0 Å². The number of rotatable bonds is 4. The summed E-state index contributed by atoms with van der Waals surface area (Å²) < 4.78 is 34.5. The SMILES string of the molecule is Cc1cc(Oc2ncccn2)ccc1NC(=O)C1CCCN(C2=NS(=O)(=O)c3ccccc32)C1. The number of piperidine rings is 1. The predicted octanol–water partition coefficient (Wildman–Crippen LogP) is 3.38. The average molecular weight is 478 g/mol. The number of fused-ring (bicyclic) bond motifs is 1. The van der Waals surface area contributed by atoms with E-state index in [4.69, 9.17) is 4.74 Å². The van der Waals surface area contributed by atoms with Crippen molar-refractivity contribution in [3.63, 3.8) is 0 Å². The van der Waals surface area contributed by atoms with E-state index >= 15 is 0 Å². The molecule has 2 aliphatic heterocycles.